The summed E-state index contributed by atoms with van der Waals surface area (Å²) in [6, 6.07) is 1.08. The second-order valence-corrected chi connectivity index (χ2v) is 8.08. The van der Waals surface area contributed by atoms with Crippen LogP contribution in [0.5, 0.6) is 0 Å². The number of nitrogens with two attached hydrogens (primary N) is 1. The zero-order valence-electron chi connectivity index (χ0n) is 18.4. The van der Waals surface area contributed by atoms with Gasteiger partial charge in [0.2, 0.25) is 5.95 Å². The van der Waals surface area contributed by atoms with Crippen molar-refractivity contribution in [2.24, 2.45) is 0 Å². The molecule has 0 amide bonds. The average molecular weight is 446 g/mol. The van der Waals surface area contributed by atoms with Crippen molar-refractivity contribution in [3.8, 4) is 0 Å². The van der Waals surface area contributed by atoms with E-state index in [2.05, 4.69) is 43.6 Å². The monoisotopic (exact) mass is 445 g/mol. The first kappa shape index (κ1) is 22.1. The lowest BCUT2D eigenvalue weighted by Crippen LogP contribution is -2.44. The molecule has 11 heteroatoms. The first-order valence-electron chi connectivity index (χ1n) is 10.9. The van der Waals surface area contributed by atoms with Gasteiger partial charge in [0, 0.05) is 38.8 Å². The molecule has 1 aliphatic rings. The topological polar surface area (TPSA) is 109 Å². The van der Waals surface area contributed by atoms with Gasteiger partial charge in [-0.3, -0.25) is 0 Å². The van der Waals surface area contributed by atoms with Crippen LogP contribution in [0.1, 0.15) is 36.6 Å². The summed E-state index contributed by atoms with van der Waals surface area (Å²) in [5.74, 6) is 1.21. The minimum Gasteiger partial charge on any atom is -0.380 e. The van der Waals surface area contributed by atoms with Crippen LogP contribution in [0.4, 0.5) is 26.4 Å². The van der Waals surface area contributed by atoms with E-state index in [0.717, 1.165) is 48.8 Å². The van der Waals surface area contributed by atoms with E-state index in [9.17, 15) is 8.78 Å². The zero-order chi connectivity index (χ0) is 22.7. The Morgan fingerprint density at radius 2 is 2.00 bits per heavy atom. The maximum atomic E-state index is 13.3. The van der Waals surface area contributed by atoms with Gasteiger partial charge in [0.05, 0.1) is 17.9 Å². The summed E-state index contributed by atoms with van der Waals surface area (Å²) in [5.41, 5.74) is 9.32. The lowest BCUT2D eigenvalue weighted by Gasteiger charge is -2.29. The number of nitrogens with zero attached hydrogens (tertiary/aromatic N) is 6. The van der Waals surface area contributed by atoms with Gasteiger partial charge in [0.15, 0.2) is 11.5 Å². The van der Waals surface area contributed by atoms with E-state index >= 15 is 0 Å². The number of anilines is 3. The minimum atomic E-state index is -2.53. The Morgan fingerprint density at radius 1 is 1.22 bits per heavy atom. The first-order valence-corrected chi connectivity index (χ1v) is 10.9. The Kier molecular flexibility index (Phi) is 6.63. The van der Waals surface area contributed by atoms with Crippen molar-refractivity contribution in [2.45, 2.75) is 45.6 Å². The van der Waals surface area contributed by atoms with Gasteiger partial charge in [-0.15, -0.1) is 5.10 Å². The van der Waals surface area contributed by atoms with Gasteiger partial charge < -0.3 is 21.3 Å². The summed E-state index contributed by atoms with van der Waals surface area (Å²) in [7, 11) is 0. The maximum absolute atomic E-state index is 13.3. The van der Waals surface area contributed by atoms with Gasteiger partial charge in [-0.1, -0.05) is 19.4 Å². The van der Waals surface area contributed by atoms with E-state index in [-0.39, 0.29) is 11.8 Å². The van der Waals surface area contributed by atoms with Crippen LogP contribution < -0.4 is 21.3 Å². The van der Waals surface area contributed by atoms with Crippen LogP contribution in [0.3, 0.4) is 0 Å². The number of hydrogen-bond acceptors (Lipinski definition) is 8. The Hall–Kier alpha value is -3.08. The SMILES string of the molecule is CCCC(Nc1nc(N)c2ncc(Cc3cnc(N4CCNCC4)c(C)c3)n2n1)C(F)F. The van der Waals surface area contributed by atoms with Crippen molar-refractivity contribution in [1.82, 2.24) is 29.9 Å². The zero-order valence-corrected chi connectivity index (χ0v) is 18.4. The van der Waals surface area contributed by atoms with Crippen LogP contribution in [0, 0.1) is 6.92 Å². The molecule has 1 fully saturated rings. The van der Waals surface area contributed by atoms with Gasteiger partial charge in [0.25, 0.3) is 6.43 Å². The Labute approximate surface area is 185 Å². The Bertz CT molecular complexity index is 1060. The van der Waals surface area contributed by atoms with Gasteiger partial charge >= 0.3 is 0 Å². The van der Waals surface area contributed by atoms with Crippen LogP contribution in [0.15, 0.2) is 18.5 Å². The third-order valence-electron chi connectivity index (χ3n) is 5.59. The molecule has 0 spiro atoms. The van der Waals surface area contributed by atoms with Crippen molar-refractivity contribution in [1.29, 1.82) is 0 Å². The first-order chi connectivity index (χ1) is 15.5. The smallest absolute Gasteiger partial charge is 0.258 e. The number of aromatic nitrogens is 5. The molecule has 0 aromatic carbocycles. The third-order valence-corrected chi connectivity index (χ3v) is 5.59. The molecule has 1 aliphatic heterocycles. The largest absolute Gasteiger partial charge is 0.380 e. The number of rotatable bonds is 8. The predicted octanol–water partition coefficient (Wildman–Crippen LogP) is 2.26. The standard InChI is InChI=1S/C21H29F2N9/c1-3-4-16(17(22)23)28-21-29-18(24)20-27-12-15(32(20)30-21)10-14-9-13(2)19(26-11-14)31-7-5-25-6-8-31/h9,11-12,16-17,25H,3-8,10H2,1-2H3,(H3,24,28,29,30). The highest BCUT2D eigenvalue weighted by Crippen LogP contribution is 2.22. The van der Waals surface area contributed by atoms with E-state index in [1.165, 1.54) is 0 Å². The van der Waals surface area contributed by atoms with Crippen molar-refractivity contribution in [3.05, 3.63) is 35.3 Å². The summed E-state index contributed by atoms with van der Waals surface area (Å²) in [4.78, 5) is 15.4. The van der Waals surface area contributed by atoms with Gasteiger partial charge in [-0.05, 0) is 24.5 Å². The van der Waals surface area contributed by atoms with E-state index in [1.54, 1.807) is 10.7 Å². The molecule has 0 radical (unpaired) electrons. The summed E-state index contributed by atoms with van der Waals surface area (Å²) in [6.45, 7) is 7.68. The van der Waals surface area contributed by atoms with E-state index < -0.39 is 12.5 Å². The van der Waals surface area contributed by atoms with Gasteiger partial charge in [0.1, 0.15) is 5.82 Å². The maximum Gasteiger partial charge on any atom is 0.258 e. The average Bonchev–Trinajstić information content (AvgIpc) is 3.17. The molecule has 0 aliphatic carbocycles. The molecule has 32 heavy (non-hydrogen) atoms. The number of nitrogen functional groups attached to an aromatic ring is 1. The van der Waals surface area contributed by atoms with Crippen molar-refractivity contribution < 1.29 is 8.78 Å². The number of halogens is 2. The number of pyridine rings is 1. The van der Waals surface area contributed by atoms with Crippen molar-refractivity contribution in [2.75, 3.05) is 42.1 Å². The fourth-order valence-electron chi connectivity index (χ4n) is 4.01. The number of hydrogen-bond donors (Lipinski definition) is 3. The number of piperazine rings is 1. The molecule has 1 atom stereocenters. The molecule has 4 heterocycles. The molecule has 172 valence electrons. The number of imidazole rings is 1. The molecular formula is C21H29F2N9. The highest BCUT2D eigenvalue weighted by Gasteiger charge is 2.22. The molecule has 4 rings (SSSR count). The molecule has 1 saturated heterocycles. The second-order valence-electron chi connectivity index (χ2n) is 8.08. The van der Waals surface area contributed by atoms with Crippen LogP contribution in [-0.4, -0.2) is 63.2 Å². The Morgan fingerprint density at radius 3 is 2.69 bits per heavy atom. The number of fused-ring (bicyclic) bond motifs is 1. The highest BCUT2D eigenvalue weighted by atomic mass is 19.3. The lowest BCUT2D eigenvalue weighted by atomic mass is 10.1. The summed E-state index contributed by atoms with van der Waals surface area (Å²) in [5, 5.41) is 10.5. The number of aryl methyl sites for hydroxylation is 1. The van der Waals surface area contributed by atoms with Crippen molar-refractivity contribution >= 4 is 23.2 Å². The predicted molar refractivity (Wildman–Crippen MR) is 120 cm³/mol. The molecule has 0 saturated carbocycles. The number of nitrogens with one attached hydrogen (secondary N) is 2. The second kappa shape index (κ2) is 9.60. The van der Waals surface area contributed by atoms with E-state index in [1.807, 2.05) is 13.1 Å². The van der Waals surface area contributed by atoms with Crippen LogP contribution in [0.25, 0.3) is 5.65 Å². The summed E-state index contributed by atoms with van der Waals surface area (Å²) >= 11 is 0. The lowest BCUT2D eigenvalue weighted by molar-refractivity contribution is 0.119. The number of alkyl halides is 2. The fraction of sp³-hybridized carbons (Fsp3) is 0.524. The quantitative estimate of drug-likeness (QED) is 0.484. The normalized spacial score (nSPS) is 15.5. The molecule has 0 bridgehead atoms. The van der Waals surface area contributed by atoms with Crippen LogP contribution in [-0.2, 0) is 6.42 Å². The van der Waals surface area contributed by atoms with Crippen LogP contribution >= 0.6 is 0 Å². The van der Waals surface area contributed by atoms with Crippen LogP contribution in [0.2, 0.25) is 0 Å². The van der Waals surface area contributed by atoms with E-state index in [0.29, 0.717) is 24.9 Å². The minimum absolute atomic E-state index is 0.0661. The third kappa shape index (κ3) is 4.72. The molecular weight excluding hydrogens is 416 g/mol. The summed E-state index contributed by atoms with van der Waals surface area (Å²) in [6.07, 6.45) is 2.47. The highest BCUT2D eigenvalue weighted by molar-refractivity contribution is 5.61. The van der Waals surface area contributed by atoms with E-state index in [4.69, 9.17) is 10.7 Å². The summed E-state index contributed by atoms with van der Waals surface area (Å²) < 4.78 is 28.2. The Balaban J connectivity index is 1.58. The fourth-order valence-corrected chi connectivity index (χ4v) is 4.01. The molecule has 3 aromatic heterocycles. The molecule has 4 N–H and O–H groups in total. The van der Waals surface area contributed by atoms with Crippen molar-refractivity contribution in [3.63, 3.8) is 0 Å². The molecule has 3 aromatic rings. The van der Waals surface area contributed by atoms with Gasteiger partial charge in [-0.2, -0.15) is 4.98 Å². The molecule has 1 unspecified atom stereocenters. The van der Waals surface area contributed by atoms with Gasteiger partial charge in [-0.25, -0.2) is 23.3 Å². The molecule has 9 nitrogen and oxygen atoms in total.